The molecule has 2 amide bonds. The summed E-state index contributed by atoms with van der Waals surface area (Å²) >= 11 is 0. The van der Waals surface area contributed by atoms with Crippen LogP contribution in [0.25, 0.3) is 11.3 Å². The van der Waals surface area contributed by atoms with Gasteiger partial charge in [0, 0.05) is 24.1 Å². The summed E-state index contributed by atoms with van der Waals surface area (Å²) in [7, 11) is 0. The zero-order valence-electron chi connectivity index (χ0n) is 18.1. The number of likely N-dealkylation sites (tertiary alicyclic amines) is 1. The van der Waals surface area contributed by atoms with E-state index in [4.69, 9.17) is 9.15 Å². The second-order valence-electron chi connectivity index (χ2n) is 8.38. The molecule has 3 aromatic rings. The summed E-state index contributed by atoms with van der Waals surface area (Å²) in [5.41, 5.74) is 1.81. The first-order valence-corrected chi connectivity index (χ1v) is 11.0. The molecule has 1 aromatic heterocycles. The third-order valence-electron chi connectivity index (χ3n) is 6.22. The summed E-state index contributed by atoms with van der Waals surface area (Å²) < 4.78 is 24.1. The molecule has 3 heterocycles. The van der Waals surface area contributed by atoms with Crippen molar-refractivity contribution < 1.29 is 27.9 Å². The maximum absolute atomic E-state index is 13.5. The van der Waals surface area contributed by atoms with Crippen LogP contribution in [0.15, 0.2) is 65.5 Å². The Bertz CT molecular complexity index is 1190. The van der Waals surface area contributed by atoms with Gasteiger partial charge in [0.05, 0.1) is 12.3 Å². The minimum atomic E-state index is -0.931. The van der Waals surface area contributed by atoms with E-state index in [1.807, 2.05) is 0 Å². The first-order chi connectivity index (χ1) is 16.5. The SMILES string of the molecule is O=C(NC(Cc1ccc(F)cc1)C(=O)N1CCC2OCC(=O)C21)c1ccc(-c2cnco2)cc1. The smallest absolute Gasteiger partial charge is 0.251 e. The molecule has 3 atom stereocenters. The van der Waals surface area contributed by atoms with Crippen LogP contribution in [-0.2, 0) is 20.7 Å². The van der Waals surface area contributed by atoms with Crippen molar-refractivity contribution in [2.75, 3.05) is 13.2 Å². The van der Waals surface area contributed by atoms with Crippen LogP contribution >= 0.6 is 0 Å². The Balaban J connectivity index is 1.36. The summed E-state index contributed by atoms with van der Waals surface area (Å²) in [4.78, 5) is 44.2. The van der Waals surface area contributed by atoms with Crippen molar-refractivity contribution in [2.24, 2.45) is 0 Å². The van der Waals surface area contributed by atoms with E-state index in [0.717, 1.165) is 5.56 Å². The fourth-order valence-corrected chi connectivity index (χ4v) is 4.48. The van der Waals surface area contributed by atoms with Crippen LogP contribution in [0.3, 0.4) is 0 Å². The standard InChI is InChI=1S/C25H22FN3O5/c26-18-7-1-15(2-8-18)11-19(25(32)29-10-9-21-23(29)20(30)13-33-21)28-24(31)17-5-3-16(4-6-17)22-12-27-14-34-22/h1-8,12,14,19,21,23H,9-11,13H2,(H,28,31). The number of nitrogens with one attached hydrogen (secondary N) is 1. The molecule has 34 heavy (non-hydrogen) atoms. The maximum atomic E-state index is 13.5. The van der Waals surface area contributed by atoms with E-state index in [2.05, 4.69) is 10.3 Å². The largest absolute Gasteiger partial charge is 0.444 e. The number of aromatic nitrogens is 1. The lowest BCUT2D eigenvalue weighted by Gasteiger charge is -2.27. The highest BCUT2D eigenvalue weighted by Gasteiger charge is 2.48. The number of hydrogen-bond acceptors (Lipinski definition) is 6. The Kier molecular flexibility index (Phi) is 5.93. The van der Waals surface area contributed by atoms with Crippen LogP contribution in [0, 0.1) is 5.82 Å². The number of Topliss-reactive ketones (excluding diaryl/α,β-unsaturated/α-hetero) is 1. The van der Waals surface area contributed by atoms with E-state index < -0.39 is 23.8 Å². The van der Waals surface area contributed by atoms with Gasteiger partial charge in [-0.3, -0.25) is 14.4 Å². The van der Waals surface area contributed by atoms with E-state index in [-0.39, 0.29) is 30.8 Å². The van der Waals surface area contributed by atoms with E-state index in [0.29, 0.717) is 29.9 Å². The molecule has 0 saturated carbocycles. The topological polar surface area (TPSA) is 102 Å². The fourth-order valence-electron chi connectivity index (χ4n) is 4.48. The van der Waals surface area contributed by atoms with Gasteiger partial charge >= 0.3 is 0 Å². The molecule has 0 aliphatic carbocycles. The number of nitrogens with zero attached hydrogens (tertiary/aromatic N) is 2. The molecule has 9 heteroatoms. The lowest BCUT2D eigenvalue weighted by Crippen LogP contribution is -2.53. The number of ether oxygens (including phenoxy) is 1. The second-order valence-corrected chi connectivity index (χ2v) is 8.38. The Labute approximate surface area is 194 Å². The molecule has 2 aliphatic heterocycles. The zero-order valence-corrected chi connectivity index (χ0v) is 18.1. The normalized spacial score (nSPS) is 20.3. The van der Waals surface area contributed by atoms with Gasteiger partial charge in [0.15, 0.2) is 17.9 Å². The van der Waals surface area contributed by atoms with Crippen molar-refractivity contribution >= 4 is 17.6 Å². The minimum absolute atomic E-state index is 0.00829. The molecular formula is C25H22FN3O5. The monoisotopic (exact) mass is 463 g/mol. The van der Waals surface area contributed by atoms with Crippen molar-refractivity contribution in [3.8, 4) is 11.3 Å². The van der Waals surface area contributed by atoms with Gasteiger partial charge in [0.2, 0.25) is 5.91 Å². The van der Waals surface area contributed by atoms with Gasteiger partial charge in [-0.05, 0) is 36.2 Å². The number of halogens is 1. The lowest BCUT2D eigenvalue weighted by molar-refractivity contribution is -0.138. The quantitative estimate of drug-likeness (QED) is 0.602. The lowest BCUT2D eigenvalue weighted by atomic mass is 10.0. The number of rotatable bonds is 6. The van der Waals surface area contributed by atoms with Crippen LogP contribution in [0.4, 0.5) is 4.39 Å². The number of oxazole rings is 1. The maximum Gasteiger partial charge on any atom is 0.251 e. The third kappa shape index (κ3) is 4.34. The van der Waals surface area contributed by atoms with Gasteiger partial charge in [0.1, 0.15) is 24.5 Å². The average Bonchev–Trinajstić information content (AvgIpc) is 3.60. The molecule has 0 radical (unpaired) electrons. The Hall–Kier alpha value is -3.85. The molecule has 3 unspecified atom stereocenters. The Morgan fingerprint density at radius 2 is 1.91 bits per heavy atom. The molecule has 2 aromatic carbocycles. The Morgan fingerprint density at radius 1 is 1.15 bits per heavy atom. The first kappa shape index (κ1) is 22.0. The molecule has 0 bridgehead atoms. The summed E-state index contributed by atoms with van der Waals surface area (Å²) in [6.45, 7) is 0.368. The molecule has 2 saturated heterocycles. The van der Waals surface area contributed by atoms with Gasteiger partial charge in [-0.15, -0.1) is 0 Å². The summed E-state index contributed by atoms with van der Waals surface area (Å²) in [5.74, 6) is -0.746. The third-order valence-corrected chi connectivity index (χ3v) is 6.22. The Morgan fingerprint density at radius 3 is 2.62 bits per heavy atom. The molecule has 2 aliphatic rings. The number of amides is 2. The number of carbonyl (C=O) groups excluding carboxylic acids is 3. The van der Waals surface area contributed by atoms with Gasteiger partial charge in [-0.1, -0.05) is 24.3 Å². The summed E-state index contributed by atoms with van der Waals surface area (Å²) in [6.07, 6.45) is 3.32. The minimum Gasteiger partial charge on any atom is -0.444 e. The van der Waals surface area contributed by atoms with Crippen molar-refractivity contribution in [3.05, 3.63) is 78.1 Å². The highest BCUT2D eigenvalue weighted by molar-refractivity contribution is 5.99. The molecule has 8 nitrogen and oxygen atoms in total. The molecule has 1 N–H and O–H groups in total. The second kappa shape index (κ2) is 9.18. The molecule has 0 spiro atoms. The number of fused-ring (bicyclic) bond motifs is 1. The summed E-state index contributed by atoms with van der Waals surface area (Å²) in [6, 6.07) is 10.9. The molecule has 5 rings (SSSR count). The van der Waals surface area contributed by atoms with Crippen LogP contribution in [-0.4, -0.2) is 58.8 Å². The van der Waals surface area contributed by atoms with Crippen LogP contribution in [0.5, 0.6) is 0 Å². The number of benzene rings is 2. The number of carbonyl (C=O) groups is 3. The predicted octanol–water partition coefficient (Wildman–Crippen LogP) is 2.39. The van der Waals surface area contributed by atoms with Crippen LogP contribution in [0.2, 0.25) is 0 Å². The van der Waals surface area contributed by atoms with E-state index >= 15 is 0 Å². The summed E-state index contributed by atoms with van der Waals surface area (Å²) in [5, 5.41) is 2.81. The van der Waals surface area contributed by atoms with Crippen molar-refractivity contribution in [1.29, 1.82) is 0 Å². The van der Waals surface area contributed by atoms with E-state index in [9.17, 15) is 18.8 Å². The van der Waals surface area contributed by atoms with E-state index in [1.165, 1.54) is 23.4 Å². The average molecular weight is 463 g/mol. The van der Waals surface area contributed by atoms with Gasteiger partial charge in [0.25, 0.3) is 5.91 Å². The molecule has 174 valence electrons. The number of ketones is 1. The van der Waals surface area contributed by atoms with Gasteiger partial charge < -0.3 is 19.4 Å². The zero-order chi connectivity index (χ0) is 23.7. The van der Waals surface area contributed by atoms with Crippen LogP contribution < -0.4 is 5.32 Å². The van der Waals surface area contributed by atoms with Crippen LogP contribution in [0.1, 0.15) is 22.3 Å². The predicted molar refractivity (Wildman–Crippen MR) is 118 cm³/mol. The molecular weight excluding hydrogens is 441 g/mol. The fraction of sp³-hybridized carbons (Fsp3) is 0.280. The van der Waals surface area contributed by atoms with Crippen molar-refractivity contribution in [2.45, 2.75) is 31.0 Å². The molecule has 2 fully saturated rings. The van der Waals surface area contributed by atoms with Crippen molar-refractivity contribution in [3.63, 3.8) is 0 Å². The van der Waals surface area contributed by atoms with E-state index in [1.54, 1.807) is 42.6 Å². The van der Waals surface area contributed by atoms with Gasteiger partial charge in [-0.2, -0.15) is 0 Å². The highest BCUT2D eigenvalue weighted by Crippen LogP contribution is 2.28. The number of hydrogen-bond donors (Lipinski definition) is 1. The van der Waals surface area contributed by atoms with Gasteiger partial charge in [-0.25, -0.2) is 9.37 Å². The highest BCUT2D eigenvalue weighted by atomic mass is 19.1. The van der Waals surface area contributed by atoms with Crippen molar-refractivity contribution in [1.82, 2.24) is 15.2 Å². The first-order valence-electron chi connectivity index (χ1n) is 11.0.